The number of hydrogen-bond acceptors (Lipinski definition) is 7. The number of anilines is 1. The van der Waals surface area contributed by atoms with Crippen LogP contribution in [0.25, 0.3) is 22.6 Å². The van der Waals surface area contributed by atoms with Crippen LogP contribution in [0, 0.1) is 19.8 Å². The zero-order valence-corrected chi connectivity index (χ0v) is 25.0. The molecular weight excluding hydrogens is 564 g/mol. The fourth-order valence-electron chi connectivity index (χ4n) is 5.65. The van der Waals surface area contributed by atoms with Gasteiger partial charge in [-0.2, -0.15) is 0 Å². The molecule has 9 nitrogen and oxygen atoms in total. The molecule has 1 aliphatic rings. The van der Waals surface area contributed by atoms with Crippen molar-refractivity contribution < 1.29 is 22.2 Å². The molecule has 0 radical (unpaired) electrons. The minimum Gasteiger partial charge on any atom is -0.445 e. The van der Waals surface area contributed by atoms with Crippen LogP contribution in [0.5, 0.6) is 0 Å². The number of rotatable bonds is 8. The van der Waals surface area contributed by atoms with Crippen LogP contribution < -0.4 is 4.72 Å². The zero-order valence-electron chi connectivity index (χ0n) is 24.2. The average molecular weight is 597 g/mol. The van der Waals surface area contributed by atoms with Gasteiger partial charge in [-0.15, -0.1) is 0 Å². The highest BCUT2D eigenvalue weighted by Crippen LogP contribution is 2.35. The lowest BCUT2D eigenvalue weighted by Crippen LogP contribution is -2.35. The molecule has 0 fully saturated rings. The predicted octanol–water partition coefficient (Wildman–Crippen LogP) is 6.18. The molecule has 1 atom stereocenters. The smallest absolute Gasteiger partial charge is 0.264 e. The Balaban J connectivity index is 1.36. The van der Waals surface area contributed by atoms with Gasteiger partial charge in [-0.1, -0.05) is 53.7 Å². The van der Waals surface area contributed by atoms with Crippen LogP contribution in [-0.2, 0) is 34.2 Å². The van der Waals surface area contributed by atoms with E-state index >= 15 is 0 Å². The number of sulfonamides is 1. The molecule has 1 unspecified atom stereocenters. The summed E-state index contributed by atoms with van der Waals surface area (Å²) in [4.78, 5) is 19.8. The Hall–Kier alpha value is -4.70. The molecule has 10 heteroatoms. The number of hydrogen-bond donors (Lipinski definition) is 1. The third-order valence-electron chi connectivity index (χ3n) is 8.12. The molecule has 1 N–H and O–H groups in total. The largest absolute Gasteiger partial charge is 0.445 e. The highest BCUT2D eigenvalue weighted by atomic mass is 32.2. The van der Waals surface area contributed by atoms with Crippen LogP contribution in [0.15, 0.2) is 93.0 Å². The third-order valence-corrected chi connectivity index (χ3v) is 9.50. The lowest BCUT2D eigenvalue weighted by atomic mass is 9.83. The van der Waals surface area contributed by atoms with Crippen molar-refractivity contribution in [3.8, 4) is 22.6 Å². The summed E-state index contributed by atoms with van der Waals surface area (Å²) in [7, 11) is -2.26. The molecule has 0 saturated heterocycles. The van der Waals surface area contributed by atoms with Crippen molar-refractivity contribution >= 4 is 21.8 Å². The molecule has 0 spiro atoms. The molecule has 220 valence electrons. The van der Waals surface area contributed by atoms with Gasteiger partial charge in [0.05, 0.1) is 16.8 Å². The van der Waals surface area contributed by atoms with E-state index in [1.54, 1.807) is 56.3 Å². The maximum Gasteiger partial charge on any atom is 0.264 e. The first kappa shape index (κ1) is 28.4. The van der Waals surface area contributed by atoms with Crippen LogP contribution >= 0.6 is 0 Å². The Labute approximate surface area is 250 Å². The van der Waals surface area contributed by atoms with Gasteiger partial charge in [-0.05, 0) is 73.6 Å². The fraction of sp³-hybridized carbons (Fsp3) is 0.242. The van der Waals surface area contributed by atoms with Crippen molar-refractivity contribution in [2.75, 3.05) is 11.8 Å². The molecular formula is C33H32N4O5S. The lowest BCUT2D eigenvalue weighted by Gasteiger charge is -2.28. The summed E-state index contributed by atoms with van der Waals surface area (Å²) in [6.45, 7) is 3.76. The van der Waals surface area contributed by atoms with Crippen molar-refractivity contribution in [1.82, 2.24) is 15.0 Å². The predicted molar refractivity (Wildman–Crippen MR) is 163 cm³/mol. The number of nitrogens with zero attached hydrogens (tertiary/aromatic N) is 3. The Kier molecular flexibility index (Phi) is 7.62. The summed E-state index contributed by atoms with van der Waals surface area (Å²) in [5, 5.41) is 3.87. The van der Waals surface area contributed by atoms with Crippen LogP contribution in [0.4, 0.5) is 5.88 Å². The number of fused-ring (bicyclic) bond motifs is 1. The molecule has 3 aromatic carbocycles. The number of amides is 1. The fourth-order valence-corrected chi connectivity index (χ4v) is 6.92. The summed E-state index contributed by atoms with van der Waals surface area (Å²) < 4.78 is 40.7. The molecule has 2 aromatic heterocycles. The second-order valence-corrected chi connectivity index (χ2v) is 12.6. The van der Waals surface area contributed by atoms with E-state index in [1.807, 2.05) is 30.3 Å². The Morgan fingerprint density at radius 3 is 2.53 bits per heavy atom. The first-order chi connectivity index (χ1) is 20.7. The maximum absolute atomic E-state index is 13.7. The van der Waals surface area contributed by atoms with Gasteiger partial charge in [0, 0.05) is 36.2 Å². The molecule has 43 heavy (non-hydrogen) atoms. The monoisotopic (exact) mass is 596 g/mol. The second-order valence-electron chi connectivity index (χ2n) is 10.9. The van der Waals surface area contributed by atoms with Gasteiger partial charge in [0.15, 0.2) is 0 Å². The average Bonchev–Trinajstić information content (AvgIpc) is 3.67. The molecule has 1 amide bonds. The highest BCUT2D eigenvalue weighted by molar-refractivity contribution is 7.92. The summed E-state index contributed by atoms with van der Waals surface area (Å²) >= 11 is 0. The lowest BCUT2D eigenvalue weighted by molar-refractivity contribution is -0.135. The summed E-state index contributed by atoms with van der Waals surface area (Å²) in [6, 6.07) is 20.7. The quantitative estimate of drug-likeness (QED) is 0.227. The minimum atomic E-state index is -4.06. The van der Waals surface area contributed by atoms with Crippen LogP contribution in [0.1, 0.15) is 34.4 Å². The number of aryl methyl sites for hydroxylation is 2. The number of oxazole rings is 1. The van der Waals surface area contributed by atoms with Gasteiger partial charge in [0.2, 0.25) is 17.7 Å². The number of benzene rings is 3. The van der Waals surface area contributed by atoms with Gasteiger partial charge >= 0.3 is 0 Å². The highest BCUT2D eigenvalue weighted by Gasteiger charge is 2.28. The molecule has 6 rings (SSSR count). The molecule has 5 aromatic rings. The Bertz CT molecular complexity index is 1900. The van der Waals surface area contributed by atoms with Crippen LogP contribution in [-0.4, -0.2) is 36.4 Å². The molecule has 0 saturated carbocycles. The summed E-state index contributed by atoms with van der Waals surface area (Å²) in [6.07, 6.45) is 5.43. The minimum absolute atomic E-state index is 0.0562. The van der Waals surface area contributed by atoms with Gasteiger partial charge < -0.3 is 13.8 Å². The number of carbonyl (C=O) groups excluding carboxylic acids is 1. The van der Waals surface area contributed by atoms with E-state index < -0.39 is 10.0 Å². The SMILES string of the molecule is Cc1noc(NS(=O)(=O)c2ccccc2-c2ccc(-c3ncco3)cc2CN(C)C(=O)C2CCc3ccccc3C2)c1C. The first-order valence-corrected chi connectivity index (χ1v) is 15.6. The van der Waals surface area contributed by atoms with E-state index in [2.05, 4.69) is 27.0 Å². The van der Waals surface area contributed by atoms with Crippen molar-refractivity contribution in [3.63, 3.8) is 0 Å². The standard InChI is InChI=1S/C33H32N4O5S/c1-21-22(2)35-42-31(21)36-43(39,40)30-11-7-6-10-29(30)28-15-14-25(32-34-16-17-41-32)19-27(28)20-37(3)33(38)26-13-12-23-8-4-5-9-24(23)18-26/h4-11,14-17,19,26,36H,12-13,18,20H2,1-3H3. The van der Waals surface area contributed by atoms with Gasteiger partial charge in [-0.25, -0.2) is 18.1 Å². The van der Waals surface area contributed by atoms with Crippen molar-refractivity contribution in [1.29, 1.82) is 0 Å². The topological polar surface area (TPSA) is 119 Å². The van der Waals surface area contributed by atoms with Gasteiger partial charge in [0.25, 0.3) is 10.0 Å². The Morgan fingerprint density at radius 2 is 1.79 bits per heavy atom. The molecule has 1 aliphatic carbocycles. The van der Waals surface area contributed by atoms with Crippen molar-refractivity contribution in [2.24, 2.45) is 5.92 Å². The third kappa shape index (κ3) is 5.70. The first-order valence-electron chi connectivity index (χ1n) is 14.1. The van der Waals surface area contributed by atoms with E-state index in [9.17, 15) is 13.2 Å². The summed E-state index contributed by atoms with van der Waals surface area (Å²) in [5.74, 6) is 0.444. The van der Waals surface area contributed by atoms with Gasteiger partial charge in [-0.3, -0.25) is 4.79 Å². The molecule has 2 heterocycles. The van der Waals surface area contributed by atoms with Crippen molar-refractivity contribution in [2.45, 2.75) is 44.6 Å². The number of aromatic nitrogens is 2. The van der Waals surface area contributed by atoms with Crippen LogP contribution in [0.3, 0.4) is 0 Å². The molecule has 0 bridgehead atoms. The molecule has 0 aliphatic heterocycles. The number of nitrogens with one attached hydrogen (secondary N) is 1. The van der Waals surface area contributed by atoms with E-state index in [1.165, 1.54) is 17.4 Å². The van der Waals surface area contributed by atoms with E-state index in [0.29, 0.717) is 34.7 Å². The maximum atomic E-state index is 13.7. The van der Waals surface area contributed by atoms with E-state index in [-0.39, 0.29) is 29.1 Å². The van der Waals surface area contributed by atoms with Crippen LogP contribution in [0.2, 0.25) is 0 Å². The van der Waals surface area contributed by atoms with E-state index in [0.717, 1.165) is 24.0 Å². The van der Waals surface area contributed by atoms with E-state index in [4.69, 9.17) is 8.94 Å². The van der Waals surface area contributed by atoms with Crippen molar-refractivity contribution in [3.05, 3.63) is 107 Å². The number of carbonyl (C=O) groups is 1. The second kappa shape index (κ2) is 11.5. The summed E-state index contributed by atoms with van der Waals surface area (Å²) in [5.41, 5.74) is 6.39. The van der Waals surface area contributed by atoms with Gasteiger partial charge in [0.1, 0.15) is 6.26 Å². The Morgan fingerprint density at radius 1 is 1.02 bits per heavy atom. The zero-order chi connectivity index (χ0) is 30.1. The normalized spacial score (nSPS) is 14.7.